The second-order valence-electron chi connectivity index (χ2n) is 5.18. The second-order valence-corrected chi connectivity index (χ2v) is 5.18. The average Bonchev–Trinajstić information content (AvgIpc) is 3.00. The van der Waals surface area contributed by atoms with E-state index in [1.54, 1.807) is 4.68 Å². The molecule has 1 atom stereocenters. The Hall–Kier alpha value is -2.42. The van der Waals surface area contributed by atoms with Crippen molar-refractivity contribution < 1.29 is 23.1 Å². The number of aliphatic hydroxyl groups is 1. The molecule has 0 fully saturated rings. The van der Waals surface area contributed by atoms with Gasteiger partial charge < -0.3 is 10.0 Å². The van der Waals surface area contributed by atoms with E-state index < -0.39 is 23.8 Å². The van der Waals surface area contributed by atoms with E-state index in [2.05, 4.69) is 10.1 Å². The lowest BCUT2D eigenvalue weighted by molar-refractivity contribution is -0.143. The summed E-state index contributed by atoms with van der Waals surface area (Å²) >= 11 is 0. The Bertz CT molecular complexity index is 729. The van der Waals surface area contributed by atoms with Crippen LogP contribution in [0.1, 0.15) is 23.1 Å². The second kappa shape index (κ2) is 5.65. The Labute approximate surface area is 129 Å². The highest BCUT2D eigenvalue weighted by Gasteiger charge is 2.33. The number of hydrogen-bond donors (Lipinski definition) is 1. The van der Waals surface area contributed by atoms with Gasteiger partial charge in [-0.05, 0) is 17.7 Å². The number of alkyl halides is 3. The molecule has 3 rings (SSSR count). The van der Waals surface area contributed by atoms with Crippen LogP contribution in [0.4, 0.5) is 13.2 Å². The van der Waals surface area contributed by atoms with Crippen molar-refractivity contribution in [3.63, 3.8) is 0 Å². The molecular formula is C14H13F3N4O2. The smallest absolute Gasteiger partial charge is 0.378 e. The average molecular weight is 326 g/mol. The van der Waals surface area contributed by atoms with Crippen LogP contribution >= 0.6 is 0 Å². The predicted molar refractivity (Wildman–Crippen MR) is 71.8 cm³/mol. The first-order valence-corrected chi connectivity index (χ1v) is 6.87. The maximum absolute atomic E-state index is 12.7. The zero-order valence-electron chi connectivity index (χ0n) is 11.9. The molecule has 1 aromatic carbocycles. The zero-order valence-corrected chi connectivity index (χ0v) is 11.9. The maximum Gasteiger partial charge on any atom is 0.416 e. The van der Waals surface area contributed by atoms with Gasteiger partial charge in [0.1, 0.15) is 12.2 Å². The Morgan fingerprint density at radius 2 is 2.09 bits per heavy atom. The summed E-state index contributed by atoms with van der Waals surface area (Å²) in [6.07, 6.45) is -4.81. The first kappa shape index (κ1) is 15.5. The van der Waals surface area contributed by atoms with Crippen molar-refractivity contribution in [1.29, 1.82) is 0 Å². The first-order chi connectivity index (χ1) is 10.9. The van der Waals surface area contributed by atoms with Gasteiger partial charge in [0.15, 0.2) is 6.10 Å². The number of fused-ring (bicyclic) bond motifs is 1. The van der Waals surface area contributed by atoms with Gasteiger partial charge >= 0.3 is 6.18 Å². The molecule has 1 aromatic heterocycles. The summed E-state index contributed by atoms with van der Waals surface area (Å²) in [5.74, 6) is -0.0839. The fourth-order valence-corrected chi connectivity index (χ4v) is 2.45. The van der Waals surface area contributed by atoms with E-state index in [1.807, 2.05) is 0 Å². The molecular weight excluding hydrogens is 313 g/mol. The predicted octanol–water partition coefficient (Wildman–Crippen LogP) is 1.37. The van der Waals surface area contributed by atoms with Gasteiger partial charge in [0.05, 0.1) is 18.7 Å². The van der Waals surface area contributed by atoms with E-state index in [0.717, 1.165) is 12.1 Å². The van der Waals surface area contributed by atoms with E-state index in [-0.39, 0.29) is 12.1 Å². The van der Waals surface area contributed by atoms with Crippen LogP contribution in [-0.4, -0.2) is 37.2 Å². The van der Waals surface area contributed by atoms with E-state index in [4.69, 9.17) is 0 Å². The molecule has 0 spiro atoms. The number of aromatic nitrogens is 3. The Morgan fingerprint density at radius 3 is 2.83 bits per heavy atom. The molecule has 23 heavy (non-hydrogen) atoms. The quantitative estimate of drug-likeness (QED) is 0.905. The van der Waals surface area contributed by atoms with Gasteiger partial charge in [0.2, 0.25) is 0 Å². The van der Waals surface area contributed by atoms with E-state index in [9.17, 15) is 23.1 Å². The molecule has 1 unspecified atom stereocenters. The number of aliphatic hydroxyl groups excluding tert-OH is 1. The molecule has 2 heterocycles. The van der Waals surface area contributed by atoms with Crippen molar-refractivity contribution in [2.45, 2.75) is 25.4 Å². The number of halogens is 3. The minimum atomic E-state index is -4.53. The summed E-state index contributed by atoms with van der Waals surface area (Å²) in [4.78, 5) is 17.7. The minimum absolute atomic E-state index is 0.0862. The van der Waals surface area contributed by atoms with Crippen molar-refractivity contribution in [2.24, 2.45) is 0 Å². The van der Waals surface area contributed by atoms with Gasteiger partial charge in [-0.25, -0.2) is 9.67 Å². The van der Waals surface area contributed by atoms with Gasteiger partial charge in [0, 0.05) is 6.54 Å². The van der Waals surface area contributed by atoms with Gasteiger partial charge in [-0.1, -0.05) is 12.1 Å². The zero-order chi connectivity index (χ0) is 16.6. The monoisotopic (exact) mass is 326 g/mol. The maximum atomic E-state index is 12.7. The summed E-state index contributed by atoms with van der Waals surface area (Å²) < 4.78 is 39.8. The fraction of sp³-hybridized carbons (Fsp3) is 0.357. The summed E-state index contributed by atoms with van der Waals surface area (Å²) in [5, 5.41) is 14.1. The molecule has 0 saturated heterocycles. The SMILES string of the molecule is O=C(C(O)c1cccc(C(F)(F)F)c1)N1CCn2ncnc2C1. The van der Waals surface area contributed by atoms with Crippen molar-refractivity contribution in [3.05, 3.63) is 47.5 Å². The third-order valence-electron chi connectivity index (χ3n) is 3.69. The molecule has 0 aliphatic carbocycles. The number of nitrogens with zero attached hydrogens (tertiary/aromatic N) is 4. The lowest BCUT2D eigenvalue weighted by atomic mass is 10.0. The molecule has 2 aromatic rings. The van der Waals surface area contributed by atoms with Crippen molar-refractivity contribution in [2.75, 3.05) is 6.54 Å². The molecule has 1 N–H and O–H groups in total. The van der Waals surface area contributed by atoms with Gasteiger partial charge in [-0.3, -0.25) is 4.79 Å². The van der Waals surface area contributed by atoms with Crippen LogP contribution in [0.25, 0.3) is 0 Å². The summed E-state index contributed by atoms with van der Waals surface area (Å²) in [5.41, 5.74) is -0.989. The lowest BCUT2D eigenvalue weighted by Gasteiger charge is -2.28. The molecule has 0 saturated carbocycles. The van der Waals surface area contributed by atoms with Crippen molar-refractivity contribution >= 4 is 5.91 Å². The van der Waals surface area contributed by atoms with Crippen LogP contribution in [0.2, 0.25) is 0 Å². The number of amides is 1. The topological polar surface area (TPSA) is 71.2 Å². The molecule has 1 aliphatic heterocycles. The molecule has 6 nitrogen and oxygen atoms in total. The highest BCUT2D eigenvalue weighted by Crippen LogP contribution is 2.31. The molecule has 1 amide bonds. The Balaban J connectivity index is 1.78. The van der Waals surface area contributed by atoms with Crippen LogP contribution in [-0.2, 0) is 24.1 Å². The fourth-order valence-electron chi connectivity index (χ4n) is 2.45. The number of carbonyl (C=O) groups excluding carboxylic acids is 1. The standard InChI is InChI=1S/C14H13F3N4O2/c15-14(16,17)10-3-1-2-9(6-10)12(22)13(23)20-4-5-21-11(7-20)18-8-19-21/h1-3,6,8,12,22H,4-5,7H2. The van der Waals surface area contributed by atoms with Gasteiger partial charge in [0.25, 0.3) is 5.91 Å². The van der Waals surface area contributed by atoms with Gasteiger partial charge in [-0.15, -0.1) is 0 Å². The molecule has 122 valence electrons. The van der Waals surface area contributed by atoms with Crippen LogP contribution in [0.3, 0.4) is 0 Å². The van der Waals surface area contributed by atoms with E-state index >= 15 is 0 Å². The first-order valence-electron chi connectivity index (χ1n) is 6.87. The number of benzene rings is 1. The van der Waals surface area contributed by atoms with Crippen molar-refractivity contribution in [3.8, 4) is 0 Å². The largest absolute Gasteiger partial charge is 0.416 e. The normalized spacial score (nSPS) is 16.1. The van der Waals surface area contributed by atoms with Crippen LogP contribution in [0.15, 0.2) is 30.6 Å². The van der Waals surface area contributed by atoms with Crippen LogP contribution in [0.5, 0.6) is 0 Å². The van der Waals surface area contributed by atoms with Crippen LogP contribution < -0.4 is 0 Å². The third-order valence-corrected chi connectivity index (χ3v) is 3.69. The molecule has 0 radical (unpaired) electrons. The van der Waals surface area contributed by atoms with E-state index in [0.29, 0.717) is 18.9 Å². The highest BCUT2D eigenvalue weighted by atomic mass is 19.4. The van der Waals surface area contributed by atoms with E-state index in [1.165, 1.54) is 23.4 Å². The summed E-state index contributed by atoms with van der Waals surface area (Å²) in [6.45, 7) is 0.899. The van der Waals surface area contributed by atoms with Crippen molar-refractivity contribution in [1.82, 2.24) is 19.7 Å². The Kier molecular flexibility index (Phi) is 3.80. The molecule has 9 heteroatoms. The highest BCUT2D eigenvalue weighted by molar-refractivity contribution is 5.82. The third kappa shape index (κ3) is 3.04. The minimum Gasteiger partial charge on any atom is -0.378 e. The molecule has 0 bridgehead atoms. The molecule has 1 aliphatic rings. The van der Waals surface area contributed by atoms with Crippen LogP contribution in [0, 0.1) is 0 Å². The number of hydrogen-bond acceptors (Lipinski definition) is 4. The van der Waals surface area contributed by atoms with Gasteiger partial charge in [-0.2, -0.15) is 18.3 Å². The number of rotatable bonds is 2. The Morgan fingerprint density at radius 1 is 1.30 bits per heavy atom. The number of carbonyl (C=O) groups is 1. The summed E-state index contributed by atoms with van der Waals surface area (Å²) in [6, 6.07) is 4.14. The summed E-state index contributed by atoms with van der Waals surface area (Å²) in [7, 11) is 0. The lowest BCUT2D eigenvalue weighted by Crippen LogP contribution is -2.41.